The average Bonchev–Trinajstić information content (AvgIpc) is 2.33. The lowest BCUT2D eigenvalue weighted by Crippen LogP contribution is -1.88. The minimum absolute atomic E-state index is 0.310. The molecule has 0 radical (unpaired) electrons. The minimum atomic E-state index is 0.310. The molecule has 6 heteroatoms. The van der Waals surface area contributed by atoms with E-state index < -0.39 is 0 Å². The second-order valence-corrected chi connectivity index (χ2v) is 4.61. The minimum Gasteiger partial charge on any atom is -0.248 e. The van der Waals surface area contributed by atoms with Crippen molar-refractivity contribution in [3.05, 3.63) is 40.9 Å². The lowest BCUT2D eigenvalue weighted by atomic mass is 10.5. The molecule has 78 valence electrons. The Bertz CT molecular complexity index is 535. The lowest BCUT2D eigenvalue weighted by molar-refractivity contribution is 1.02. The molecule has 0 aromatic carbocycles. The van der Waals surface area contributed by atoms with Crippen LogP contribution >= 0.6 is 27.7 Å². The van der Waals surface area contributed by atoms with Crippen LogP contribution < -0.4 is 0 Å². The fourth-order valence-corrected chi connectivity index (χ4v) is 2.16. The van der Waals surface area contributed by atoms with Gasteiger partial charge in [-0.3, -0.25) is 0 Å². The highest BCUT2D eigenvalue weighted by molar-refractivity contribution is 9.10. The summed E-state index contributed by atoms with van der Waals surface area (Å²) in [6.45, 7) is 0. The fraction of sp³-hybridized carbons (Fsp3) is 0. The number of nitrogens with zero attached hydrogens (tertiary/aromatic N) is 4. The van der Waals surface area contributed by atoms with Crippen LogP contribution in [0.5, 0.6) is 0 Å². The summed E-state index contributed by atoms with van der Waals surface area (Å²) in [5.41, 5.74) is 0.310. The molecule has 0 bridgehead atoms. The van der Waals surface area contributed by atoms with Crippen LogP contribution in [0, 0.1) is 11.3 Å². The van der Waals surface area contributed by atoms with Gasteiger partial charge in [0.05, 0.1) is 16.9 Å². The van der Waals surface area contributed by atoms with Gasteiger partial charge in [-0.15, -0.1) is 0 Å². The number of hydrogen-bond donors (Lipinski definition) is 0. The van der Waals surface area contributed by atoms with Gasteiger partial charge in [-0.25, -0.2) is 15.0 Å². The van der Waals surface area contributed by atoms with Crippen LogP contribution in [0.15, 0.2) is 45.2 Å². The first kappa shape index (κ1) is 11.0. The number of nitriles is 1. The first-order chi connectivity index (χ1) is 7.79. The molecule has 0 spiro atoms. The van der Waals surface area contributed by atoms with Crippen LogP contribution in [0.1, 0.15) is 5.69 Å². The van der Waals surface area contributed by atoms with E-state index in [2.05, 4.69) is 30.9 Å². The van der Waals surface area contributed by atoms with E-state index in [1.807, 2.05) is 18.2 Å². The van der Waals surface area contributed by atoms with E-state index in [4.69, 9.17) is 5.26 Å². The Kier molecular flexibility index (Phi) is 3.49. The summed E-state index contributed by atoms with van der Waals surface area (Å²) in [6.07, 6.45) is 4.72. The number of hydrogen-bond acceptors (Lipinski definition) is 5. The maximum atomic E-state index is 8.58. The van der Waals surface area contributed by atoms with Crippen molar-refractivity contribution in [1.29, 1.82) is 5.26 Å². The Morgan fingerprint density at radius 3 is 2.75 bits per heavy atom. The first-order valence-electron chi connectivity index (χ1n) is 4.30. The predicted octanol–water partition coefficient (Wildman–Crippen LogP) is 2.66. The van der Waals surface area contributed by atoms with Gasteiger partial charge in [0.15, 0.2) is 5.69 Å². The summed E-state index contributed by atoms with van der Waals surface area (Å²) in [6, 6.07) is 5.68. The molecule has 0 aliphatic carbocycles. The molecule has 2 aromatic heterocycles. The van der Waals surface area contributed by atoms with Crippen LogP contribution in [0.2, 0.25) is 0 Å². The highest BCUT2D eigenvalue weighted by Gasteiger charge is 2.04. The summed E-state index contributed by atoms with van der Waals surface area (Å²) in [5.74, 6) is 0. The first-order valence-corrected chi connectivity index (χ1v) is 5.91. The molecule has 2 rings (SSSR count). The zero-order valence-electron chi connectivity index (χ0n) is 7.96. The Morgan fingerprint density at radius 1 is 1.25 bits per heavy atom. The summed E-state index contributed by atoms with van der Waals surface area (Å²) in [4.78, 5) is 12.2. The molecule has 0 saturated heterocycles. The molecule has 0 unspecified atom stereocenters. The van der Waals surface area contributed by atoms with Gasteiger partial charge in [0.1, 0.15) is 16.1 Å². The van der Waals surface area contributed by atoms with Crippen LogP contribution in [-0.4, -0.2) is 15.0 Å². The summed E-state index contributed by atoms with van der Waals surface area (Å²) < 4.78 is 0.908. The predicted molar refractivity (Wildman–Crippen MR) is 62.8 cm³/mol. The zero-order valence-corrected chi connectivity index (χ0v) is 10.4. The van der Waals surface area contributed by atoms with E-state index in [0.717, 1.165) is 9.50 Å². The Morgan fingerprint density at radius 2 is 2.12 bits per heavy atom. The molecule has 0 fully saturated rings. The third-order valence-corrected chi connectivity index (χ3v) is 3.51. The summed E-state index contributed by atoms with van der Waals surface area (Å²) in [7, 11) is 0. The standard InChI is InChI=1S/C10H5BrN4S/c11-8-2-1-3-13-10(8)16-9-6-14-7(4-12)5-15-9/h1-3,5-6H. The third kappa shape index (κ3) is 2.56. The molecule has 0 amide bonds. The smallest absolute Gasteiger partial charge is 0.158 e. The maximum Gasteiger partial charge on any atom is 0.158 e. The second-order valence-electron chi connectivity index (χ2n) is 2.74. The Hall–Kier alpha value is -1.45. The topological polar surface area (TPSA) is 62.5 Å². The van der Waals surface area contributed by atoms with Gasteiger partial charge < -0.3 is 0 Å². The van der Waals surface area contributed by atoms with Crippen LogP contribution in [0.25, 0.3) is 0 Å². The normalized spacial score (nSPS) is 9.75. The molecule has 0 atom stereocenters. The SMILES string of the molecule is N#Cc1cnc(Sc2ncccc2Br)cn1. The van der Waals surface area contributed by atoms with E-state index >= 15 is 0 Å². The largest absolute Gasteiger partial charge is 0.248 e. The molecule has 2 heterocycles. The molecular formula is C10H5BrN4S. The van der Waals surface area contributed by atoms with Gasteiger partial charge in [-0.2, -0.15) is 5.26 Å². The quantitative estimate of drug-likeness (QED) is 0.851. The summed E-state index contributed by atoms with van der Waals surface area (Å²) in [5, 5.41) is 10.1. The van der Waals surface area contributed by atoms with Crippen molar-refractivity contribution in [2.24, 2.45) is 0 Å². The average molecular weight is 293 g/mol. The van der Waals surface area contributed by atoms with Gasteiger partial charge in [-0.05, 0) is 39.8 Å². The second kappa shape index (κ2) is 5.05. The van der Waals surface area contributed by atoms with Crippen molar-refractivity contribution in [3.63, 3.8) is 0 Å². The number of aromatic nitrogens is 3. The van der Waals surface area contributed by atoms with Crippen LogP contribution in [0.3, 0.4) is 0 Å². The van der Waals surface area contributed by atoms with Gasteiger partial charge in [0.2, 0.25) is 0 Å². The molecule has 16 heavy (non-hydrogen) atoms. The Labute approximate surface area is 105 Å². The third-order valence-electron chi connectivity index (χ3n) is 1.67. The van der Waals surface area contributed by atoms with Crippen molar-refractivity contribution in [3.8, 4) is 6.07 Å². The number of pyridine rings is 1. The highest BCUT2D eigenvalue weighted by Crippen LogP contribution is 2.29. The maximum absolute atomic E-state index is 8.58. The highest BCUT2D eigenvalue weighted by atomic mass is 79.9. The zero-order chi connectivity index (χ0) is 11.4. The van der Waals surface area contributed by atoms with Crippen molar-refractivity contribution < 1.29 is 0 Å². The van der Waals surface area contributed by atoms with Gasteiger partial charge in [0.25, 0.3) is 0 Å². The van der Waals surface area contributed by atoms with E-state index in [-0.39, 0.29) is 0 Å². The fourth-order valence-electron chi connectivity index (χ4n) is 0.972. The van der Waals surface area contributed by atoms with Crippen LogP contribution in [-0.2, 0) is 0 Å². The molecule has 0 N–H and O–H groups in total. The van der Waals surface area contributed by atoms with Gasteiger partial charge >= 0.3 is 0 Å². The molecule has 0 saturated carbocycles. The van der Waals surface area contributed by atoms with E-state index in [9.17, 15) is 0 Å². The number of rotatable bonds is 2. The lowest BCUT2D eigenvalue weighted by Gasteiger charge is -2.01. The molecule has 0 aliphatic rings. The molecular weight excluding hydrogens is 288 g/mol. The molecule has 0 aliphatic heterocycles. The van der Waals surface area contributed by atoms with Crippen molar-refractivity contribution in [2.75, 3.05) is 0 Å². The Balaban J connectivity index is 2.22. The van der Waals surface area contributed by atoms with Gasteiger partial charge in [-0.1, -0.05) is 0 Å². The van der Waals surface area contributed by atoms with Crippen molar-refractivity contribution in [1.82, 2.24) is 15.0 Å². The van der Waals surface area contributed by atoms with E-state index in [1.165, 1.54) is 18.0 Å². The number of halogens is 1. The molecule has 2 aromatic rings. The van der Waals surface area contributed by atoms with Crippen LogP contribution in [0.4, 0.5) is 0 Å². The van der Waals surface area contributed by atoms with Gasteiger partial charge in [0, 0.05) is 6.20 Å². The van der Waals surface area contributed by atoms with Crippen molar-refractivity contribution in [2.45, 2.75) is 10.1 Å². The van der Waals surface area contributed by atoms with E-state index in [1.54, 1.807) is 12.4 Å². The summed E-state index contributed by atoms with van der Waals surface area (Å²) >= 11 is 4.79. The van der Waals surface area contributed by atoms with Crippen molar-refractivity contribution >= 4 is 27.7 Å². The van der Waals surface area contributed by atoms with E-state index in [0.29, 0.717) is 10.7 Å². The monoisotopic (exact) mass is 292 g/mol. The molecule has 4 nitrogen and oxygen atoms in total.